The molecule has 10 heteroatoms. The molecule has 2 heterocycles. The highest BCUT2D eigenvalue weighted by molar-refractivity contribution is 8.00. The van der Waals surface area contributed by atoms with Crippen LogP contribution in [-0.2, 0) is 11.3 Å². The molecule has 0 saturated carbocycles. The summed E-state index contributed by atoms with van der Waals surface area (Å²) in [5.41, 5.74) is -2.86. The number of benzene rings is 2. The lowest BCUT2D eigenvalue weighted by Gasteiger charge is -2.28. The number of rotatable bonds is 5. The summed E-state index contributed by atoms with van der Waals surface area (Å²) in [4.78, 5) is 33.3. The van der Waals surface area contributed by atoms with E-state index in [0.717, 1.165) is 27.1 Å². The van der Waals surface area contributed by atoms with E-state index < -0.39 is 23.0 Å². The number of nitrogens with zero attached hydrogens (tertiary/aromatic N) is 3. The Morgan fingerprint density at radius 1 is 1.06 bits per heavy atom. The first kappa shape index (κ1) is 22.9. The molecular weight excluding hydrogens is 453 g/mol. The molecule has 1 fully saturated rings. The zero-order valence-corrected chi connectivity index (χ0v) is 18.9. The van der Waals surface area contributed by atoms with E-state index in [9.17, 15) is 22.8 Å². The van der Waals surface area contributed by atoms with Gasteiger partial charge in [-0.15, -0.1) is 0 Å². The van der Waals surface area contributed by atoms with Crippen molar-refractivity contribution in [3.63, 3.8) is 0 Å². The maximum atomic E-state index is 13.3. The maximum absolute atomic E-state index is 13.3. The molecule has 33 heavy (non-hydrogen) atoms. The molecule has 1 aliphatic rings. The minimum absolute atomic E-state index is 0.0231. The number of nitrogens with one attached hydrogen (secondary N) is 1. The topological polar surface area (TPSA) is 65.5 Å². The van der Waals surface area contributed by atoms with Crippen molar-refractivity contribution < 1.29 is 22.8 Å². The first-order valence-electron chi connectivity index (χ1n) is 10.1. The normalized spacial score (nSPS) is 16.1. The highest BCUT2D eigenvalue weighted by Crippen LogP contribution is 2.39. The molecule has 0 spiro atoms. The van der Waals surface area contributed by atoms with E-state index in [1.807, 2.05) is 18.2 Å². The summed E-state index contributed by atoms with van der Waals surface area (Å²) in [5, 5.41) is 3.93. The zero-order valence-electron chi connectivity index (χ0n) is 18.1. The van der Waals surface area contributed by atoms with Crippen molar-refractivity contribution in [3.8, 4) is 0 Å². The fourth-order valence-electron chi connectivity index (χ4n) is 3.79. The predicted molar refractivity (Wildman–Crippen MR) is 122 cm³/mol. The summed E-state index contributed by atoms with van der Waals surface area (Å²) in [5.74, 6) is -0.446. The Kier molecular flexibility index (Phi) is 5.73. The first-order valence-corrected chi connectivity index (χ1v) is 10.9. The van der Waals surface area contributed by atoms with Gasteiger partial charge in [0, 0.05) is 35.8 Å². The molecule has 3 aromatic rings. The minimum atomic E-state index is -4.42. The molecule has 0 unspecified atom stereocenters. The van der Waals surface area contributed by atoms with Crippen molar-refractivity contribution in [1.82, 2.24) is 9.88 Å². The Hall–Kier alpha value is -3.27. The second-order valence-electron chi connectivity index (χ2n) is 8.06. The lowest BCUT2D eigenvalue weighted by atomic mass is 10.0. The van der Waals surface area contributed by atoms with Gasteiger partial charge in [0.25, 0.3) is 5.91 Å². The van der Waals surface area contributed by atoms with Crippen LogP contribution in [-0.4, -0.2) is 39.9 Å². The number of hydrogen-bond acceptors (Lipinski definition) is 5. The fraction of sp³-hybridized carbons (Fsp3) is 0.261. The molecule has 1 aromatic heterocycles. The van der Waals surface area contributed by atoms with Gasteiger partial charge in [0.05, 0.1) is 11.2 Å². The van der Waals surface area contributed by atoms with Crippen molar-refractivity contribution in [1.29, 1.82) is 0 Å². The number of carbonyl (C=O) groups is 2. The van der Waals surface area contributed by atoms with Gasteiger partial charge in [-0.05, 0) is 79.7 Å². The Bertz CT molecular complexity index is 1230. The number of amides is 3. The molecule has 0 aliphatic carbocycles. The van der Waals surface area contributed by atoms with E-state index in [1.165, 1.54) is 29.2 Å². The molecule has 0 atom stereocenters. The van der Waals surface area contributed by atoms with Crippen LogP contribution in [0.3, 0.4) is 0 Å². The van der Waals surface area contributed by atoms with Crippen LogP contribution in [0.25, 0.3) is 10.9 Å². The molecule has 4 rings (SSSR count). The van der Waals surface area contributed by atoms with Crippen LogP contribution >= 0.6 is 11.8 Å². The number of halogens is 3. The Morgan fingerprint density at radius 2 is 1.76 bits per heavy atom. The number of anilines is 2. The van der Waals surface area contributed by atoms with Crippen LogP contribution in [0, 0.1) is 0 Å². The van der Waals surface area contributed by atoms with Crippen LogP contribution < -0.4 is 10.2 Å². The summed E-state index contributed by atoms with van der Waals surface area (Å²) in [6.07, 6.45) is 1.65. The van der Waals surface area contributed by atoms with Gasteiger partial charge in [0.2, 0.25) is 0 Å². The second-order valence-corrected chi connectivity index (χ2v) is 9.20. The molecule has 0 bridgehead atoms. The molecule has 1 aliphatic heterocycles. The molecule has 0 radical (unpaired) electrons. The average Bonchev–Trinajstić information content (AvgIpc) is 2.92. The fourth-order valence-corrected chi connectivity index (χ4v) is 4.33. The summed E-state index contributed by atoms with van der Waals surface area (Å²) < 4.78 is 37.8. The van der Waals surface area contributed by atoms with E-state index in [-0.39, 0.29) is 28.9 Å². The number of hydrogen-bond donors (Lipinski definition) is 1. The maximum Gasteiger partial charge on any atom is 0.446 e. The summed E-state index contributed by atoms with van der Waals surface area (Å²) >= 11 is -0.250. The molecule has 6 nitrogen and oxygen atoms in total. The standard InChI is InChI=1S/C23H21F3N4O2S/c1-22(2)20(31)30(16-5-7-17(8-6-16)33-23(24,25)26)21(32)29(22)13-14-10-11-28-19-9-4-15(27-3)12-18(14)19/h4-12,27H,13H2,1-3H3. The first-order chi connectivity index (χ1) is 15.5. The van der Waals surface area contributed by atoms with Gasteiger partial charge in [-0.1, -0.05) is 0 Å². The van der Waals surface area contributed by atoms with E-state index in [1.54, 1.807) is 33.2 Å². The third kappa shape index (κ3) is 4.35. The smallest absolute Gasteiger partial charge is 0.388 e. The molecule has 3 amide bonds. The van der Waals surface area contributed by atoms with Crippen LogP contribution in [0.2, 0.25) is 0 Å². The molecule has 1 N–H and O–H groups in total. The number of fused-ring (bicyclic) bond motifs is 1. The third-order valence-corrected chi connectivity index (χ3v) is 6.34. The van der Waals surface area contributed by atoms with Crippen molar-refractivity contribution in [2.45, 2.75) is 36.3 Å². The minimum Gasteiger partial charge on any atom is -0.388 e. The number of alkyl halides is 3. The van der Waals surface area contributed by atoms with E-state index in [0.29, 0.717) is 0 Å². The number of carbonyl (C=O) groups excluding carboxylic acids is 2. The number of thioether (sulfide) groups is 1. The number of pyridine rings is 1. The van der Waals surface area contributed by atoms with Gasteiger partial charge in [0.1, 0.15) is 5.54 Å². The van der Waals surface area contributed by atoms with Crippen molar-refractivity contribution in [3.05, 3.63) is 60.3 Å². The van der Waals surface area contributed by atoms with E-state index >= 15 is 0 Å². The van der Waals surface area contributed by atoms with Crippen molar-refractivity contribution in [2.75, 3.05) is 17.3 Å². The van der Waals surface area contributed by atoms with Gasteiger partial charge in [0.15, 0.2) is 0 Å². The Balaban J connectivity index is 1.65. The van der Waals surface area contributed by atoms with Crippen LogP contribution in [0.1, 0.15) is 19.4 Å². The van der Waals surface area contributed by atoms with E-state index in [4.69, 9.17) is 0 Å². The SMILES string of the molecule is CNc1ccc2nccc(CN3C(=O)N(c4ccc(SC(F)(F)F)cc4)C(=O)C3(C)C)c2c1. The average molecular weight is 475 g/mol. The Morgan fingerprint density at radius 3 is 2.39 bits per heavy atom. The molecule has 172 valence electrons. The van der Waals surface area contributed by atoms with Crippen molar-refractivity contribution in [2.24, 2.45) is 0 Å². The van der Waals surface area contributed by atoms with Gasteiger partial charge in [-0.25, -0.2) is 9.69 Å². The zero-order chi connectivity index (χ0) is 24.0. The van der Waals surface area contributed by atoms with Crippen LogP contribution in [0.5, 0.6) is 0 Å². The van der Waals surface area contributed by atoms with Crippen LogP contribution in [0.4, 0.5) is 29.3 Å². The van der Waals surface area contributed by atoms with Gasteiger partial charge in [-0.2, -0.15) is 13.2 Å². The van der Waals surface area contributed by atoms with Gasteiger partial charge >= 0.3 is 11.5 Å². The largest absolute Gasteiger partial charge is 0.446 e. The number of imide groups is 1. The lowest BCUT2D eigenvalue weighted by molar-refractivity contribution is -0.123. The van der Waals surface area contributed by atoms with Gasteiger partial charge < -0.3 is 10.2 Å². The predicted octanol–water partition coefficient (Wildman–Crippen LogP) is 5.64. The second kappa shape index (κ2) is 8.26. The third-order valence-electron chi connectivity index (χ3n) is 5.60. The van der Waals surface area contributed by atoms with E-state index in [2.05, 4.69) is 10.3 Å². The van der Waals surface area contributed by atoms with Crippen molar-refractivity contribution >= 4 is 46.0 Å². The molecular formula is C23H21F3N4O2S. The monoisotopic (exact) mass is 474 g/mol. The van der Waals surface area contributed by atoms with Gasteiger partial charge in [-0.3, -0.25) is 9.78 Å². The molecule has 1 saturated heterocycles. The lowest BCUT2D eigenvalue weighted by Crippen LogP contribution is -2.43. The molecule has 2 aromatic carbocycles. The highest BCUT2D eigenvalue weighted by Gasteiger charge is 2.51. The summed E-state index contributed by atoms with van der Waals surface area (Å²) in [6, 6.07) is 12.2. The Labute approximate surface area is 192 Å². The summed E-state index contributed by atoms with van der Waals surface area (Å²) in [7, 11) is 1.80. The summed E-state index contributed by atoms with van der Waals surface area (Å²) in [6.45, 7) is 3.48. The van der Waals surface area contributed by atoms with Crippen LogP contribution in [0.15, 0.2) is 59.6 Å². The number of urea groups is 1. The number of aromatic nitrogens is 1. The quantitative estimate of drug-likeness (QED) is 0.383. The highest BCUT2D eigenvalue weighted by atomic mass is 32.2.